The molecule has 23 heavy (non-hydrogen) atoms. The van der Waals surface area contributed by atoms with Gasteiger partial charge in [0.2, 0.25) is 0 Å². The maximum atomic E-state index is 6.06. The summed E-state index contributed by atoms with van der Waals surface area (Å²) in [6.45, 7) is 4.68. The van der Waals surface area contributed by atoms with Gasteiger partial charge < -0.3 is 4.74 Å². The lowest BCUT2D eigenvalue weighted by atomic mass is 10.1. The van der Waals surface area contributed by atoms with Gasteiger partial charge in [-0.3, -0.25) is 4.40 Å². The third-order valence-electron chi connectivity index (χ3n) is 4.07. The van der Waals surface area contributed by atoms with Crippen molar-refractivity contribution in [1.29, 1.82) is 0 Å². The lowest BCUT2D eigenvalue weighted by Crippen LogP contribution is -2.01. The van der Waals surface area contributed by atoms with Crippen molar-refractivity contribution in [2.24, 2.45) is 0 Å². The average Bonchev–Trinajstić information content (AvgIpc) is 2.90. The average molecular weight is 304 g/mol. The van der Waals surface area contributed by atoms with Crippen LogP contribution in [-0.2, 0) is 19.4 Å². The zero-order valence-electron chi connectivity index (χ0n) is 13.5. The van der Waals surface area contributed by atoms with Crippen molar-refractivity contribution >= 4 is 5.65 Å². The van der Waals surface area contributed by atoms with Gasteiger partial charge in [-0.25, -0.2) is 4.98 Å². The maximum absolute atomic E-state index is 6.06. The number of aromatic nitrogens is 2. The Morgan fingerprint density at radius 1 is 1.17 bits per heavy atom. The fraction of sp³-hybridized carbons (Fsp3) is 0.250. The van der Waals surface area contributed by atoms with Gasteiger partial charge >= 0.3 is 0 Å². The molecule has 0 N–H and O–H groups in total. The largest absolute Gasteiger partial charge is 0.485 e. The molecular formula is C20H20N2O. The number of ether oxygens (including phenoxy) is 1. The molecule has 0 radical (unpaired) electrons. The van der Waals surface area contributed by atoms with Gasteiger partial charge in [0.25, 0.3) is 0 Å². The van der Waals surface area contributed by atoms with Crippen LogP contribution in [-0.4, -0.2) is 9.38 Å². The number of benzene rings is 1. The molecule has 116 valence electrons. The molecule has 0 saturated carbocycles. The Morgan fingerprint density at radius 2 is 1.96 bits per heavy atom. The number of fused-ring (bicyclic) bond motifs is 1. The second-order valence-electron chi connectivity index (χ2n) is 5.50. The van der Waals surface area contributed by atoms with Crippen LogP contribution in [0.15, 0.2) is 42.6 Å². The van der Waals surface area contributed by atoms with Gasteiger partial charge in [0, 0.05) is 6.20 Å². The maximum Gasteiger partial charge on any atom is 0.180 e. The SMILES string of the molecule is C#CCc1c(C)nc2c(OCc3ccccc3CC)cccn12. The third kappa shape index (κ3) is 2.93. The second kappa shape index (κ2) is 6.58. The summed E-state index contributed by atoms with van der Waals surface area (Å²) in [6, 6.07) is 12.3. The molecule has 3 heteroatoms. The molecule has 0 fully saturated rings. The Morgan fingerprint density at radius 3 is 2.70 bits per heavy atom. The van der Waals surface area contributed by atoms with Gasteiger partial charge in [-0.1, -0.05) is 31.2 Å². The molecule has 0 saturated heterocycles. The van der Waals surface area contributed by atoms with E-state index in [-0.39, 0.29) is 0 Å². The predicted octanol–water partition coefficient (Wildman–Crippen LogP) is 3.96. The Bertz CT molecular complexity index is 871. The van der Waals surface area contributed by atoms with Crippen molar-refractivity contribution in [2.45, 2.75) is 33.3 Å². The Kier molecular flexibility index (Phi) is 4.34. The van der Waals surface area contributed by atoms with Crippen molar-refractivity contribution < 1.29 is 4.74 Å². The normalized spacial score (nSPS) is 10.7. The molecule has 0 aliphatic heterocycles. The highest BCUT2D eigenvalue weighted by atomic mass is 16.5. The lowest BCUT2D eigenvalue weighted by Gasteiger charge is -2.10. The van der Waals surface area contributed by atoms with Crippen LogP contribution in [0.2, 0.25) is 0 Å². The number of imidazole rings is 1. The molecule has 0 bridgehead atoms. The predicted molar refractivity (Wildman–Crippen MR) is 92.6 cm³/mol. The molecule has 3 aromatic rings. The first-order valence-electron chi connectivity index (χ1n) is 7.84. The van der Waals surface area contributed by atoms with E-state index in [2.05, 4.69) is 36.0 Å². The number of aryl methyl sites for hydroxylation is 2. The highest BCUT2D eigenvalue weighted by molar-refractivity contribution is 5.56. The summed E-state index contributed by atoms with van der Waals surface area (Å²) in [5.41, 5.74) is 5.34. The van der Waals surface area contributed by atoms with Crippen LogP contribution in [0.5, 0.6) is 5.75 Å². The highest BCUT2D eigenvalue weighted by Gasteiger charge is 2.12. The van der Waals surface area contributed by atoms with Crippen molar-refractivity contribution in [1.82, 2.24) is 9.38 Å². The van der Waals surface area contributed by atoms with Crippen LogP contribution in [0.1, 0.15) is 29.4 Å². The number of nitrogens with zero attached hydrogens (tertiary/aromatic N) is 2. The van der Waals surface area contributed by atoms with Crippen LogP contribution < -0.4 is 4.74 Å². The molecule has 0 atom stereocenters. The summed E-state index contributed by atoms with van der Waals surface area (Å²) in [5.74, 6) is 3.48. The van der Waals surface area contributed by atoms with Crippen molar-refractivity contribution in [2.75, 3.05) is 0 Å². The van der Waals surface area contributed by atoms with E-state index in [1.165, 1.54) is 11.1 Å². The van der Waals surface area contributed by atoms with Gasteiger partial charge in [-0.2, -0.15) is 0 Å². The van der Waals surface area contributed by atoms with Gasteiger partial charge in [-0.05, 0) is 36.6 Å². The minimum Gasteiger partial charge on any atom is -0.485 e. The van der Waals surface area contributed by atoms with E-state index in [1.54, 1.807) is 0 Å². The van der Waals surface area contributed by atoms with Crippen LogP contribution in [0.25, 0.3) is 5.65 Å². The Balaban J connectivity index is 1.92. The molecule has 0 spiro atoms. The van der Waals surface area contributed by atoms with Crippen LogP contribution >= 0.6 is 0 Å². The van der Waals surface area contributed by atoms with Crippen LogP contribution in [0.4, 0.5) is 0 Å². The van der Waals surface area contributed by atoms with E-state index in [0.29, 0.717) is 13.0 Å². The molecule has 3 rings (SSSR count). The van der Waals surface area contributed by atoms with E-state index >= 15 is 0 Å². The van der Waals surface area contributed by atoms with Crippen molar-refractivity contribution in [3.8, 4) is 18.1 Å². The molecule has 1 aromatic carbocycles. The summed E-state index contributed by atoms with van der Waals surface area (Å²) in [7, 11) is 0. The van der Waals surface area contributed by atoms with Crippen LogP contribution in [0, 0.1) is 19.3 Å². The van der Waals surface area contributed by atoms with Crippen molar-refractivity contribution in [3.05, 3.63) is 65.1 Å². The first-order chi connectivity index (χ1) is 11.2. The molecule has 0 amide bonds. The smallest absolute Gasteiger partial charge is 0.180 e. The molecule has 0 unspecified atom stereocenters. The molecule has 2 aromatic heterocycles. The van der Waals surface area contributed by atoms with Gasteiger partial charge in [0.1, 0.15) is 6.61 Å². The third-order valence-corrected chi connectivity index (χ3v) is 4.07. The summed E-state index contributed by atoms with van der Waals surface area (Å²) in [6.07, 6.45) is 9.01. The molecule has 0 aliphatic carbocycles. The minimum absolute atomic E-state index is 0.542. The number of hydrogen-bond donors (Lipinski definition) is 0. The van der Waals surface area contributed by atoms with Gasteiger partial charge in [-0.15, -0.1) is 12.3 Å². The Labute approximate surface area is 136 Å². The Hall–Kier alpha value is -2.73. The van der Waals surface area contributed by atoms with Gasteiger partial charge in [0.05, 0.1) is 17.8 Å². The topological polar surface area (TPSA) is 26.5 Å². The molecule has 2 heterocycles. The summed E-state index contributed by atoms with van der Waals surface area (Å²) < 4.78 is 8.08. The summed E-state index contributed by atoms with van der Waals surface area (Å²) in [4.78, 5) is 4.63. The minimum atomic E-state index is 0.542. The van der Waals surface area contributed by atoms with E-state index in [9.17, 15) is 0 Å². The van der Waals surface area contributed by atoms with Gasteiger partial charge in [0.15, 0.2) is 11.4 Å². The number of rotatable bonds is 5. The highest BCUT2D eigenvalue weighted by Crippen LogP contribution is 2.23. The molecular weight excluding hydrogens is 284 g/mol. The van der Waals surface area contributed by atoms with E-state index in [0.717, 1.165) is 29.2 Å². The number of terminal acetylenes is 1. The monoisotopic (exact) mass is 304 g/mol. The first-order valence-corrected chi connectivity index (χ1v) is 7.84. The van der Waals surface area contributed by atoms with Crippen LogP contribution in [0.3, 0.4) is 0 Å². The lowest BCUT2D eigenvalue weighted by molar-refractivity contribution is 0.307. The second-order valence-corrected chi connectivity index (χ2v) is 5.50. The van der Waals surface area contributed by atoms with E-state index < -0.39 is 0 Å². The summed E-state index contributed by atoms with van der Waals surface area (Å²) >= 11 is 0. The standard InChI is InChI=1S/C20H20N2O/c1-4-9-18-15(3)21-20-19(12-8-13-22(18)20)23-14-17-11-7-6-10-16(17)5-2/h1,6-8,10-13H,5,9,14H2,2-3H3. The molecule has 0 aliphatic rings. The van der Waals surface area contributed by atoms with E-state index in [1.807, 2.05) is 35.7 Å². The quantitative estimate of drug-likeness (QED) is 0.667. The fourth-order valence-corrected chi connectivity index (χ4v) is 2.83. The zero-order chi connectivity index (χ0) is 16.2. The number of pyridine rings is 1. The fourth-order valence-electron chi connectivity index (χ4n) is 2.83. The van der Waals surface area contributed by atoms with Crippen molar-refractivity contribution in [3.63, 3.8) is 0 Å². The summed E-state index contributed by atoms with van der Waals surface area (Å²) in [5, 5.41) is 0. The first kappa shape index (κ1) is 15.2. The molecule has 3 nitrogen and oxygen atoms in total. The van der Waals surface area contributed by atoms with E-state index in [4.69, 9.17) is 11.2 Å². The number of hydrogen-bond acceptors (Lipinski definition) is 2. The zero-order valence-corrected chi connectivity index (χ0v) is 13.5.